The fourth-order valence-electron chi connectivity index (χ4n) is 2.53. The van der Waals surface area contributed by atoms with E-state index in [-0.39, 0.29) is 0 Å². The van der Waals surface area contributed by atoms with Crippen LogP contribution in [0.15, 0.2) is 90.0 Å². The highest BCUT2D eigenvalue weighted by atomic mass is 35.5. The van der Waals surface area contributed by atoms with Gasteiger partial charge in [0.15, 0.2) is 0 Å². The molecular formula is C18H10Cl2O6S4-2. The minimum Gasteiger partial charge on any atom is -0.768 e. The standard InChI is InChI=1S/C18H12Cl2O6S4/c19-12-4-3-5-13(20)18(12)27-11-8-9-17(15(10-11)29(23)24)30(25,26)16-7-2-1-6-14(16)28(21)22/h1-10H,(H,21,22)(H,23,24)/p-2. The van der Waals surface area contributed by atoms with Crippen LogP contribution in [-0.2, 0) is 32.0 Å². The summed E-state index contributed by atoms with van der Waals surface area (Å²) in [5.74, 6) is 0. The molecule has 3 aromatic rings. The van der Waals surface area contributed by atoms with Crippen LogP contribution in [0, 0.1) is 0 Å². The Balaban J connectivity index is 2.13. The second-order valence-corrected chi connectivity index (χ2v) is 11.3. The van der Waals surface area contributed by atoms with E-state index in [1.807, 2.05) is 0 Å². The van der Waals surface area contributed by atoms with Crippen LogP contribution in [0.4, 0.5) is 0 Å². The molecule has 0 saturated carbocycles. The van der Waals surface area contributed by atoms with Crippen molar-refractivity contribution in [3.8, 4) is 0 Å². The lowest BCUT2D eigenvalue weighted by molar-refractivity contribution is 0.531. The molecular weight excluding hydrogens is 511 g/mol. The summed E-state index contributed by atoms with van der Waals surface area (Å²) in [5.41, 5.74) is 0. The van der Waals surface area contributed by atoms with Gasteiger partial charge >= 0.3 is 0 Å². The van der Waals surface area contributed by atoms with Gasteiger partial charge in [0.05, 0.1) is 19.8 Å². The Bertz CT molecular complexity index is 1260. The van der Waals surface area contributed by atoms with Gasteiger partial charge < -0.3 is 9.11 Å². The third-order valence-corrected chi connectivity index (χ3v) is 9.37. The molecule has 0 saturated heterocycles. The Morgan fingerprint density at radius 1 is 0.767 bits per heavy atom. The Kier molecular flexibility index (Phi) is 7.41. The molecule has 0 heterocycles. The van der Waals surface area contributed by atoms with Crippen LogP contribution in [0.1, 0.15) is 0 Å². The summed E-state index contributed by atoms with van der Waals surface area (Å²) < 4.78 is 72.6. The largest absolute Gasteiger partial charge is 0.768 e. The van der Waals surface area contributed by atoms with E-state index in [0.717, 1.165) is 36.0 Å². The Morgan fingerprint density at radius 3 is 1.93 bits per heavy atom. The van der Waals surface area contributed by atoms with Crippen molar-refractivity contribution in [1.29, 1.82) is 0 Å². The molecule has 3 aromatic carbocycles. The van der Waals surface area contributed by atoms with Gasteiger partial charge in [0.1, 0.15) is 0 Å². The summed E-state index contributed by atoms with van der Waals surface area (Å²) in [4.78, 5) is -1.16. The summed E-state index contributed by atoms with van der Waals surface area (Å²) in [6.45, 7) is 0. The van der Waals surface area contributed by atoms with E-state index in [1.54, 1.807) is 18.2 Å². The molecule has 0 spiro atoms. The second-order valence-electron chi connectivity index (χ2n) is 5.68. The SMILES string of the molecule is O=S([O-])c1ccccc1S(=O)(=O)c1ccc(Sc2c(Cl)cccc2Cl)cc1S(=O)[O-]. The number of halogens is 2. The van der Waals surface area contributed by atoms with E-state index in [4.69, 9.17) is 23.2 Å². The maximum Gasteiger partial charge on any atom is 0.208 e. The van der Waals surface area contributed by atoms with Gasteiger partial charge in [-0.1, -0.05) is 53.2 Å². The Morgan fingerprint density at radius 2 is 1.33 bits per heavy atom. The number of hydrogen-bond donors (Lipinski definition) is 0. The second kappa shape index (κ2) is 9.49. The number of rotatable bonds is 6. The maximum atomic E-state index is 13.1. The quantitative estimate of drug-likeness (QED) is 0.440. The van der Waals surface area contributed by atoms with Crippen molar-refractivity contribution >= 4 is 67.0 Å². The average Bonchev–Trinajstić information content (AvgIpc) is 2.70. The highest BCUT2D eigenvalue weighted by Gasteiger charge is 2.25. The average molecular weight is 521 g/mol. The molecule has 6 nitrogen and oxygen atoms in total. The van der Waals surface area contributed by atoms with Crippen LogP contribution in [0.25, 0.3) is 0 Å². The summed E-state index contributed by atoms with van der Waals surface area (Å²) in [6, 6.07) is 13.5. The molecule has 2 atom stereocenters. The maximum absolute atomic E-state index is 13.1. The van der Waals surface area contributed by atoms with E-state index in [0.29, 0.717) is 19.8 Å². The van der Waals surface area contributed by atoms with E-state index < -0.39 is 51.6 Å². The smallest absolute Gasteiger partial charge is 0.208 e. The first-order valence-electron chi connectivity index (χ1n) is 7.91. The van der Waals surface area contributed by atoms with Gasteiger partial charge in [-0.05, 0) is 64.6 Å². The number of sulfone groups is 1. The molecule has 0 fully saturated rings. The first kappa shape index (κ1) is 23.4. The van der Waals surface area contributed by atoms with Crippen molar-refractivity contribution in [3.63, 3.8) is 0 Å². The van der Waals surface area contributed by atoms with E-state index in [1.165, 1.54) is 18.2 Å². The molecule has 0 bridgehead atoms. The van der Waals surface area contributed by atoms with Crippen LogP contribution in [-0.4, -0.2) is 25.9 Å². The minimum atomic E-state index is -4.44. The zero-order chi connectivity index (χ0) is 22.1. The molecule has 2 unspecified atom stereocenters. The summed E-state index contributed by atoms with van der Waals surface area (Å²) >= 11 is 7.58. The van der Waals surface area contributed by atoms with Crippen molar-refractivity contribution < 1.29 is 25.9 Å². The highest BCUT2D eigenvalue weighted by Crippen LogP contribution is 2.40. The predicted octanol–water partition coefficient (Wildman–Crippen LogP) is 4.45. The Hall–Kier alpha value is -1.24. The number of hydrogen-bond acceptors (Lipinski definition) is 7. The van der Waals surface area contributed by atoms with E-state index >= 15 is 0 Å². The highest BCUT2D eigenvalue weighted by molar-refractivity contribution is 7.99. The van der Waals surface area contributed by atoms with Crippen molar-refractivity contribution in [2.75, 3.05) is 0 Å². The molecule has 0 aliphatic heterocycles. The normalized spacial score (nSPS) is 13.7. The van der Waals surface area contributed by atoms with Crippen LogP contribution in [0.2, 0.25) is 10.0 Å². The molecule has 0 aromatic heterocycles. The molecule has 12 heteroatoms. The topological polar surface area (TPSA) is 114 Å². The summed E-state index contributed by atoms with van der Waals surface area (Å²) in [6.07, 6.45) is 0. The molecule has 0 amide bonds. The molecule has 0 radical (unpaired) electrons. The van der Waals surface area contributed by atoms with Gasteiger partial charge in [-0.2, -0.15) is 0 Å². The zero-order valence-electron chi connectivity index (χ0n) is 14.6. The van der Waals surface area contributed by atoms with Crippen LogP contribution in [0.3, 0.4) is 0 Å². The monoisotopic (exact) mass is 520 g/mol. The summed E-state index contributed by atoms with van der Waals surface area (Å²) in [5, 5.41) is 0.696. The van der Waals surface area contributed by atoms with Crippen molar-refractivity contribution in [1.82, 2.24) is 0 Å². The third-order valence-electron chi connectivity index (χ3n) is 3.84. The zero-order valence-corrected chi connectivity index (χ0v) is 19.4. The molecule has 158 valence electrons. The van der Waals surface area contributed by atoms with Crippen molar-refractivity contribution in [2.24, 2.45) is 0 Å². The lowest BCUT2D eigenvalue weighted by Crippen LogP contribution is -2.10. The molecule has 0 aliphatic rings. The van der Waals surface area contributed by atoms with Crippen molar-refractivity contribution in [2.45, 2.75) is 29.4 Å². The predicted molar refractivity (Wildman–Crippen MR) is 113 cm³/mol. The molecule has 3 rings (SSSR count). The first-order valence-corrected chi connectivity index (χ1v) is 13.1. The van der Waals surface area contributed by atoms with Gasteiger partial charge in [0, 0.05) is 19.6 Å². The van der Waals surface area contributed by atoms with Gasteiger partial charge in [-0.3, -0.25) is 8.42 Å². The first-order chi connectivity index (χ1) is 14.1. The molecule has 30 heavy (non-hydrogen) atoms. The third kappa shape index (κ3) is 4.81. The fourth-order valence-corrected chi connectivity index (χ4v) is 7.46. The lowest BCUT2D eigenvalue weighted by atomic mass is 10.3. The van der Waals surface area contributed by atoms with Crippen LogP contribution in [0.5, 0.6) is 0 Å². The fraction of sp³-hybridized carbons (Fsp3) is 0. The van der Waals surface area contributed by atoms with E-state index in [9.17, 15) is 25.9 Å². The van der Waals surface area contributed by atoms with Gasteiger partial charge in [0.2, 0.25) is 9.84 Å². The number of benzene rings is 3. The van der Waals surface area contributed by atoms with Crippen LogP contribution >= 0.6 is 35.0 Å². The Labute approximate surface area is 192 Å². The van der Waals surface area contributed by atoms with Gasteiger partial charge in [0.25, 0.3) is 0 Å². The van der Waals surface area contributed by atoms with Crippen molar-refractivity contribution in [3.05, 3.63) is 70.7 Å². The van der Waals surface area contributed by atoms with E-state index in [2.05, 4.69) is 0 Å². The van der Waals surface area contributed by atoms with Crippen LogP contribution < -0.4 is 0 Å². The molecule has 0 N–H and O–H groups in total. The minimum absolute atomic E-state index is 0.348. The van der Waals surface area contributed by atoms with Gasteiger partial charge in [-0.15, -0.1) is 0 Å². The lowest BCUT2D eigenvalue weighted by Gasteiger charge is -2.17. The van der Waals surface area contributed by atoms with Gasteiger partial charge in [-0.25, -0.2) is 8.42 Å². The summed E-state index contributed by atoms with van der Waals surface area (Å²) in [7, 11) is -4.44. The molecule has 0 aliphatic carbocycles.